The zero-order chi connectivity index (χ0) is 10.9. The Morgan fingerprint density at radius 2 is 2.27 bits per heavy atom. The third-order valence-electron chi connectivity index (χ3n) is 3.68. The highest BCUT2D eigenvalue weighted by atomic mass is 32.2. The van der Waals surface area contributed by atoms with Crippen LogP contribution in [0.1, 0.15) is 20.3 Å². The summed E-state index contributed by atoms with van der Waals surface area (Å²) in [5.74, 6) is 2.44. The summed E-state index contributed by atoms with van der Waals surface area (Å²) in [6.07, 6.45) is 1.23. The first kappa shape index (κ1) is 11.7. The van der Waals surface area contributed by atoms with Gasteiger partial charge in [0.25, 0.3) is 0 Å². The molecule has 2 fully saturated rings. The molecule has 2 rings (SSSR count). The SMILES string of the molecule is CC1(C)COCCN1C1(CN)CCSC1. The minimum atomic E-state index is 0.141. The fraction of sp³-hybridized carbons (Fsp3) is 1.00. The van der Waals surface area contributed by atoms with Crippen molar-refractivity contribution >= 4 is 11.8 Å². The van der Waals surface area contributed by atoms with Gasteiger partial charge in [-0.15, -0.1) is 0 Å². The van der Waals surface area contributed by atoms with Gasteiger partial charge in [-0.1, -0.05) is 0 Å². The zero-order valence-corrected chi connectivity index (χ0v) is 10.6. The van der Waals surface area contributed by atoms with Crippen LogP contribution in [0.4, 0.5) is 0 Å². The first-order valence-electron chi connectivity index (χ1n) is 5.74. The molecule has 0 aromatic carbocycles. The number of ether oxygens (including phenoxy) is 1. The van der Waals surface area contributed by atoms with E-state index in [1.807, 2.05) is 11.8 Å². The third kappa shape index (κ3) is 2.05. The van der Waals surface area contributed by atoms with Gasteiger partial charge in [0.05, 0.1) is 13.2 Å². The molecule has 4 heteroatoms. The molecule has 0 aromatic heterocycles. The second kappa shape index (κ2) is 4.24. The van der Waals surface area contributed by atoms with Crippen LogP contribution in [0.2, 0.25) is 0 Å². The lowest BCUT2D eigenvalue weighted by Crippen LogP contribution is -2.66. The lowest BCUT2D eigenvalue weighted by atomic mass is 9.89. The zero-order valence-electron chi connectivity index (χ0n) is 9.79. The summed E-state index contributed by atoms with van der Waals surface area (Å²) in [7, 11) is 0. The van der Waals surface area contributed by atoms with Gasteiger partial charge in [-0.25, -0.2) is 0 Å². The number of nitrogens with two attached hydrogens (primary N) is 1. The van der Waals surface area contributed by atoms with Crippen LogP contribution in [0.3, 0.4) is 0 Å². The second-order valence-electron chi connectivity index (χ2n) is 5.25. The number of thioether (sulfide) groups is 1. The molecule has 0 aromatic rings. The molecular weight excluding hydrogens is 208 g/mol. The van der Waals surface area contributed by atoms with Crippen LogP contribution in [0.15, 0.2) is 0 Å². The summed E-state index contributed by atoms with van der Waals surface area (Å²) < 4.78 is 5.57. The summed E-state index contributed by atoms with van der Waals surface area (Å²) in [5.41, 5.74) is 6.40. The van der Waals surface area contributed by atoms with Crippen LogP contribution in [-0.4, -0.2) is 53.8 Å². The van der Waals surface area contributed by atoms with E-state index in [1.165, 1.54) is 17.9 Å². The van der Waals surface area contributed by atoms with E-state index in [-0.39, 0.29) is 11.1 Å². The summed E-state index contributed by atoms with van der Waals surface area (Å²) in [6.45, 7) is 8.04. The van der Waals surface area contributed by atoms with Gasteiger partial charge in [-0.2, -0.15) is 11.8 Å². The maximum atomic E-state index is 6.02. The van der Waals surface area contributed by atoms with E-state index in [0.717, 1.165) is 26.3 Å². The summed E-state index contributed by atoms with van der Waals surface area (Å²) >= 11 is 2.04. The molecule has 15 heavy (non-hydrogen) atoms. The van der Waals surface area contributed by atoms with Gasteiger partial charge in [0.1, 0.15) is 0 Å². The van der Waals surface area contributed by atoms with Gasteiger partial charge in [0, 0.05) is 29.9 Å². The van der Waals surface area contributed by atoms with Crippen molar-refractivity contribution in [2.45, 2.75) is 31.3 Å². The van der Waals surface area contributed by atoms with Crippen LogP contribution < -0.4 is 5.73 Å². The maximum absolute atomic E-state index is 6.02. The van der Waals surface area contributed by atoms with Crippen molar-refractivity contribution in [3.63, 3.8) is 0 Å². The maximum Gasteiger partial charge on any atom is 0.0645 e. The van der Waals surface area contributed by atoms with Gasteiger partial charge in [-0.3, -0.25) is 4.90 Å². The van der Waals surface area contributed by atoms with E-state index in [2.05, 4.69) is 18.7 Å². The van der Waals surface area contributed by atoms with Crippen LogP contribution in [0, 0.1) is 0 Å². The smallest absolute Gasteiger partial charge is 0.0645 e. The quantitative estimate of drug-likeness (QED) is 0.766. The van der Waals surface area contributed by atoms with E-state index < -0.39 is 0 Å². The molecule has 2 N–H and O–H groups in total. The Kier molecular flexibility index (Phi) is 3.31. The Morgan fingerprint density at radius 3 is 2.80 bits per heavy atom. The molecule has 2 heterocycles. The molecule has 0 radical (unpaired) electrons. The van der Waals surface area contributed by atoms with Crippen molar-refractivity contribution in [3.05, 3.63) is 0 Å². The van der Waals surface area contributed by atoms with Gasteiger partial charge < -0.3 is 10.5 Å². The topological polar surface area (TPSA) is 38.5 Å². The number of hydrogen-bond donors (Lipinski definition) is 1. The van der Waals surface area contributed by atoms with Crippen molar-refractivity contribution in [2.24, 2.45) is 5.73 Å². The predicted octanol–water partition coefficient (Wildman–Crippen LogP) is 0.932. The van der Waals surface area contributed by atoms with Gasteiger partial charge in [-0.05, 0) is 26.0 Å². The second-order valence-corrected chi connectivity index (χ2v) is 6.35. The fourth-order valence-corrected chi connectivity index (χ4v) is 4.28. The van der Waals surface area contributed by atoms with Crippen molar-refractivity contribution in [2.75, 3.05) is 37.8 Å². The average molecular weight is 230 g/mol. The standard InChI is InChI=1S/C11H22N2OS/c1-10(2)8-14-5-4-13(10)11(7-12)3-6-15-9-11/h3-9,12H2,1-2H3. The Labute approximate surface area is 96.7 Å². The van der Waals surface area contributed by atoms with E-state index in [1.54, 1.807) is 0 Å². The van der Waals surface area contributed by atoms with Crippen molar-refractivity contribution in [1.82, 2.24) is 4.90 Å². The number of nitrogens with zero attached hydrogens (tertiary/aromatic N) is 1. The van der Waals surface area contributed by atoms with E-state index >= 15 is 0 Å². The van der Waals surface area contributed by atoms with Crippen LogP contribution >= 0.6 is 11.8 Å². The van der Waals surface area contributed by atoms with E-state index in [9.17, 15) is 0 Å². The van der Waals surface area contributed by atoms with Gasteiger partial charge in [0.2, 0.25) is 0 Å². The summed E-state index contributed by atoms with van der Waals surface area (Å²) in [6, 6.07) is 0. The molecule has 0 aliphatic carbocycles. The van der Waals surface area contributed by atoms with Crippen LogP contribution in [0.5, 0.6) is 0 Å². The Bertz CT molecular complexity index is 227. The average Bonchev–Trinajstić information content (AvgIpc) is 2.66. The van der Waals surface area contributed by atoms with E-state index in [0.29, 0.717) is 0 Å². The summed E-state index contributed by atoms with van der Waals surface area (Å²) in [4.78, 5) is 2.60. The number of hydrogen-bond acceptors (Lipinski definition) is 4. The molecule has 3 nitrogen and oxygen atoms in total. The first-order valence-corrected chi connectivity index (χ1v) is 6.90. The Morgan fingerprint density at radius 1 is 1.47 bits per heavy atom. The van der Waals surface area contributed by atoms with Gasteiger partial charge in [0.15, 0.2) is 0 Å². The number of rotatable bonds is 2. The van der Waals surface area contributed by atoms with Gasteiger partial charge >= 0.3 is 0 Å². The molecule has 0 bridgehead atoms. The van der Waals surface area contributed by atoms with E-state index in [4.69, 9.17) is 10.5 Å². The normalized spacial score (nSPS) is 37.0. The molecule has 1 unspecified atom stereocenters. The largest absolute Gasteiger partial charge is 0.378 e. The molecule has 0 saturated carbocycles. The molecule has 2 aliphatic heterocycles. The highest BCUT2D eigenvalue weighted by Gasteiger charge is 2.46. The lowest BCUT2D eigenvalue weighted by molar-refractivity contribution is -0.0962. The molecule has 88 valence electrons. The molecule has 0 spiro atoms. The summed E-state index contributed by atoms with van der Waals surface area (Å²) in [5, 5.41) is 0. The Hall–Kier alpha value is 0.230. The highest BCUT2D eigenvalue weighted by molar-refractivity contribution is 7.99. The lowest BCUT2D eigenvalue weighted by Gasteiger charge is -2.52. The van der Waals surface area contributed by atoms with Crippen molar-refractivity contribution in [3.8, 4) is 0 Å². The minimum Gasteiger partial charge on any atom is -0.378 e. The third-order valence-corrected chi connectivity index (χ3v) is 4.91. The molecular formula is C11H22N2OS. The minimum absolute atomic E-state index is 0.141. The molecule has 2 aliphatic rings. The molecule has 2 saturated heterocycles. The van der Waals surface area contributed by atoms with Crippen LogP contribution in [0.25, 0.3) is 0 Å². The first-order chi connectivity index (χ1) is 7.11. The van der Waals surface area contributed by atoms with Crippen molar-refractivity contribution < 1.29 is 4.74 Å². The molecule has 0 amide bonds. The Balaban J connectivity index is 2.18. The number of morpholine rings is 1. The highest BCUT2D eigenvalue weighted by Crippen LogP contribution is 2.38. The fourth-order valence-electron chi connectivity index (χ4n) is 2.82. The van der Waals surface area contributed by atoms with Crippen molar-refractivity contribution in [1.29, 1.82) is 0 Å². The predicted molar refractivity (Wildman–Crippen MR) is 65.3 cm³/mol. The monoisotopic (exact) mass is 230 g/mol. The molecule has 1 atom stereocenters. The van der Waals surface area contributed by atoms with Crippen LogP contribution in [-0.2, 0) is 4.74 Å².